The fourth-order valence-corrected chi connectivity index (χ4v) is 2.28. The van der Waals surface area contributed by atoms with Crippen molar-refractivity contribution in [2.75, 3.05) is 33.1 Å². The summed E-state index contributed by atoms with van der Waals surface area (Å²) < 4.78 is -0.0381. The van der Waals surface area contributed by atoms with Crippen LogP contribution in [0.15, 0.2) is 48.5 Å². The molecule has 0 unspecified atom stereocenters. The highest BCUT2D eigenvalue weighted by atomic mass is 16.3. The molecule has 0 radical (unpaired) electrons. The molecule has 0 aromatic heterocycles. The topological polar surface area (TPSA) is 40.5 Å². The van der Waals surface area contributed by atoms with Crippen LogP contribution in [-0.2, 0) is 0 Å². The number of aromatic hydroxyl groups is 1. The van der Waals surface area contributed by atoms with Gasteiger partial charge >= 0.3 is 5.91 Å². The Morgan fingerprint density at radius 1 is 1.05 bits per heavy atom. The van der Waals surface area contributed by atoms with Gasteiger partial charge in [-0.25, -0.2) is 9.28 Å². The van der Waals surface area contributed by atoms with Crippen LogP contribution in [0.25, 0.3) is 0 Å². The standard InChI is InChI=1S/C17H20N2O2/c1-18(2)14-10-11-15(16(20)12-14)19(3,4)17(21)13-8-6-5-7-9-13/h5-12H,1-4H3/p+1. The van der Waals surface area contributed by atoms with E-state index in [1.165, 1.54) is 0 Å². The van der Waals surface area contributed by atoms with Gasteiger partial charge in [0.2, 0.25) is 0 Å². The van der Waals surface area contributed by atoms with Gasteiger partial charge in [0.15, 0.2) is 11.4 Å². The number of quaternary nitrogens is 1. The van der Waals surface area contributed by atoms with Crippen LogP contribution in [0.3, 0.4) is 0 Å². The van der Waals surface area contributed by atoms with Crippen LogP contribution in [0.2, 0.25) is 0 Å². The molecule has 4 heteroatoms. The van der Waals surface area contributed by atoms with Crippen LogP contribution < -0.4 is 9.38 Å². The molecule has 2 rings (SSSR count). The van der Waals surface area contributed by atoms with Crippen molar-refractivity contribution in [3.8, 4) is 5.75 Å². The molecule has 0 saturated heterocycles. The van der Waals surface area contributed by atoms with Crippen LogP contribution >= 0.6 is 0 Å². The van der Waals surface area contributed by atoms with E-state index in [1.807, 2.05) is 43.3 Å². The molecule has 4 nitrogen and oxygen atoms in total. The van der Waals surface area contributed by atoms with Gasteiger partial charge in [0.05, 0.1) is 19.7 Å². The van der Waals surface area contributed by atoms with Crippen LogP contribution in [0.1, 0.15) is 10.4 Å². The molecule has 0 atom stereocenters. The van der Waals surface area contributed by atoms with Crippen molar-refractivity contribution in [3.05, 3.63) is 54.1 Å². The molecule has 2 aromatic carbocycles. The summed E-state index contributed by atoms with van der Waals surface area (Å²) in [5.41, 5.74) is 2.09. The number of phenolic OH excluding ortho intramolecular Hbond substituents is 1. The molecule has 0 aliphatic rings. The molecule has 0 bridgehead atoms. The number of benzene rings is 2. The average Bonchev–Trinajstić information content (AvgIpc) is 2.46. The van der Waals surface area contributed by atoms with Gasteiger partial charge in [-0.3, -0.25) is 0 Å². The molecule has 21 heavy (non-hydrogen) atoms. The van der Waals surface area contributed by atoms with Gasteiger partial charge in [-0.2, -0.15) is 0 Å². The molecule has 0 saturated carbocycles. The van der Waals surface area contributed by atoms with Crippen molar-refractivity contribution in [2.24, 2.45) is 0 Å². The Bertz CT molecular complexity index is 649. The van der Waals surface area contributed by atoms with E-state index in [0.717, 1.165) is 5.69 Å². The predicted octanol–water partition coefficient (Wildman–Crippen LogP) is 2.87. The van der Waals surface area contributed by atoms with Crippen molar-refractivity contribution >= 4 is 17.3 Å². The molecule has 0 heterocycles. The van der Waals surface area contributed by atoms with Crippen LogP contribution in [0.4, 0.5) is 11.4 Å². The Kier molecular flexibility index (Phi) is 4.00. The number of rotatable bonds is 3. The van der Waals surface area contributed by atoms with Gasteiger partial charge in [-0.1, -0.05) is 18.2 Å². The van der Waals surface area contributed by atoms with E-state index in [0.29, 0.717) is 11.3 Å². The second kappa shape index (κ2) is 5.58. The zero-order chi connectivity index (χ0) is 15.6. The Morgan fingerprint density at radius 3 is 2.19 bits per heavy atom. The van der Waals surface area contributed by atoms with Crippen molar-refractivity contribution in [1.29, 1.82) is 0 Å². The summed E-state index contributed by atoms with van der Waals surface area (Å²) in [5, 5.41) is 10.3. The third-order valence-electron chi connectivity index (χ3n) is 3.61. The maximum absolute atomic E-state index is 12.7. The second-order valence-electron chi connectivity index (χ2n) is 5.69. The third-order valence-corrected chi connectivity index (χ3v) is 3.61. The molecule has 0 aliphatic heterocycles. The van der Waals surface area contributed by atoms with Crippen LogP contribution in [-0.4, -0.2) is 39.2 Å². The lowest BCUT2D eigenvalue weighted by Gasteiger charge is -2.27. The first-order chi connectivity index (χ1) is 9.84. The van der Waals surface area contributed by atoms with Gasteiger partial charge in [0.1, 0.15) is 0 Å². The van der Waals surface area contributed by atoms with E-state index in [-0.39, 0.29) is 16.1 Å². The van der Waals surface area contributed by atoms with Crippen molar-refractivity contribution in [1.82, 2.24) is 4.48 Å². The Balaban J connectivity index is 2.42. The molecule has 0 aliphatic carbocycles. The molecule has 110 valence electrons. The smallest absolute Gasteiger partial charge is 0.350 e. The van der Waals surface area contributed by atoms with E-state index in [1.54, 1.807) is 38.4 Å². The number of hydrogen-bond acceptors (Lipinski definition) is 3. The van der Waals surface area contributed by atoms with Crippen molar-refractivity contribution in [3.63, 3.8) is 0 Å². The summed E-state index contributed by atoms with van der Waals surface area (Å²) in [6, 6.07) is 14.5. The molecule has 1 N–H and O–H groups in total. The summed E-state index contributed by atoms with van der Waals surface area (Å²) in [5.74, 6) is 0.0546. The summed E-state index contributed by atoms with van der Waals surface area (Å²) in [4.78, 5) is 14.6. The normalized spacial score (nSPS) is 11.2. The Labute approximate surface area is 125 Å². The van der Waals surface area contributed by atoms with Crippen molar-refractivity contribution < 1.29 is 9.90 Å². The Morgan fingerprint density at radius 2 is 1.67 bits per heavy atom. The molecule has 2 aromatic rings. The predicted molar refractivity (Wildman–Crippen MR) is 86.8 cm³/mol. The fraction of sp³-hybridized carbons (Fsp3) is 0.235. The highest BCUT2D eigenvalue weighted by Crippen LogP contribution is 2.34. The first-order valence-electron chi connectivity index (χ1n) is 6.79. The maximum atomic E-state index is 12.7. The maximum Gasteiger partial charge on any atom is 0.350 e. The largest absolute Gasteiger partial charge is 0.503 e. The zero-order valence-corrected chi connectivity index (χ0v) is 12.9. The van der Waals surface area contributed by atoms with E-state index in [9.17, 15) is 9.90 Å². The third kappa shape index (κ3) is 2.90. The minimum Gasteiger partial charge on any atom is -0.503 e. The number of carbonyl (C=O) groups is 1. The highest BCUT2D eigenvalue weighted by molar-refractivity contribution is 6.02. The molecule has 0 spiro atoms. The fourth-order valence-electron chi connectivity index (χ4n) is 2.28. The van der Waals surface area contributed by atoms with E-state index in [4.69, 9.17) is 0 Å². The number of nitrogens with zero attached hydrogens (tertiary/aromatic N) is 2. The first kappa shape index (κ1) is 15.1. The van der Waals surface area contributed by atoms with Crippen LogP contribution in [0, 0.1) is 0 Å². The van der Waals surface area contributed by atoms with E-state index in [2.05, 4.69) is 0 Å². The monoisotopic (exact) mass is 285 g/mol. The SMILES string of the molecule is CN(C)c1ccc([N+](C)(C)C(=O)c2ccccc2)c(O)c1. The van der Waals surface area contributed by atoms with Crippen molar-refractivity contribution in [2.45, 2.75) is 0 Å². The lowest BCUT2D eigenvalue weighted by Crippen LogP contribution is -2.46. The minimum atomic E-state index is -0.0662. The summed E-state index contributed by atoms with van der Waals surface area (Å²) in [6.07, 6.45) is 0. The molecule has 1 amide bonds. The minimum absolute atomic E-state index is 0.0381. The zero-order valence-electron chi connectivity index (χ0n) is 12.9. The van der Waals surface area contributed by atoms with Gasteiger partial charge in [-0.15, -0.1) is 0 Å². The molecule has 0 fully saturated rings. The van der Waals surface area contributed by atoms with Gasteiger partial charge in [-0.05, 0) is 18.2 Å². The number of anilines is 1. The quantitative estimate of drug-likeness (QED) is 0.882. The number of carbonyl (C=O) groups excluding carboxylic acids is 1. The summed E-state index contributed by atoms with van der Waals surface area (Å²) in [6.45, 7) is 0. The van der Waals surface area contributed by atoms with Gasteiger partial charge < -0.3 is 10.0 Å². The highest BCUT2D eigenvalue weighted by Gasteiger charge is 2.33. The number of amides is 1. The van der Waals surface area contributed by atoms with E-state index >= 15 is 0 Å². The number of hydrogen-bond donors (Lipinski definition) is 1. The number of phenols is 1. The average molecular weight is 285 g/mol. The lowest BCUT2D eigenvalue weighted by atomic mass is 10.1. The molecular formula is C17H21N2O2+. The summed E-state index contributed by atoms with van der Waals surface area (Å²) >= 11 is 0. The van der Waals surface area contributed by atoms with Gasteiger partial charge in [0, 0.05) is 31.9 Å². The Hall–Kier alpha value is -2.33. The van der Waals surface area contributed by atoms with Crippen LogP contribution in [0.5, 0.6) is 5.75 Å². The van der Waals surface area contributed by atoms with E-state index < -0.39 is 0 Å². The lowest BCUT2D eigenvalue weighted by molar-refractivity contribution is 0.0829. The summed E-state index contributed by atoms with van der Waals surface area (Å²) in [7, 11) is 7.37. The van der Waals surface area contributed by atoms with Gasteiger partial charge in [0.25, 0.3) is 0 Å². The second-order valence-corrected chi connectivity index (χ2v) is 5.69. The first-order valence-corrected chi connectivity index (χ1v) is 6.79. The molecular weight excluding hydrogens is 264 g/mol.